The number of likely N-dealkylation sites (tertiary alicyclic amines) is 1. The zero-order valence-electron chi connectivity index (χ0n) is 21.8. The number of anilines is 2. The molecule has 36 heavy (non-hydrogen) atoms. The molecule has 11 heteroatoms. The summed E-state index contributed by atoms with van der Waals surface area (Å²) in [6, 6.07) is 1.44. The van der Waals surface area contributed by atoms with E-state index in [0.29, 0.717) is 24.7 Å². The quantitative estimate of drug-likeness (QED) is 0.569. The minimum absolute atomic E-state index is 0. The third-order valence-electron chi connectivity index (χ3n) is 7.59. The minimum Gasteiger partial charge on any atom is -0.423 e. The number of aryl methyl sites for hydroxylation is 3. The van der Waals surface area contributed by atoms with Crippen molar-refractivity contribution < 1.29 is 42.8 Å². The van der Waals surface area contributed by atoms with E-state index in [-0.39, 0.29) is 35.6 Å². The SMILES string of the molecule is CC(C)N1CCCC(N(c2cnn(C)c2)S(=O)(=O)[N-]C(=O)Nc2c3c(cc4c2CCC4)CCC3)C1.[Na+]. The average molecular weight is 523 g/mol. The van der Waals surface area contributed by atoms with E-state index in [9.17, 15) is 13.2 Å². The molecule has 0 radical (unpaired) electrons. The van der Waals surface area contributed by atoms with Gasteiger partial charge in [-0.25, -0.2) is 8.42 Å². The summed E-state index contributed by atoms with van der Waals surface area (Å²) in [5.74, 6) is 0. The Labute approximate surface area is 236 Å². The zero-order valence-corrected chi connectivity index (χ0v) is 24.6. The molecular formula is C25H35N6NaO3S. The van der Waals surface area contributed by atoms with Crippen LogP contribution in [-0.2, 0) is 42.9 Å². The molecule has 1 unspecified atom stereocenters. The minimum atomic E-state index is -4.29. The van der Waals surface area contributed by atoms with Crippen LogP contribution in [-0.4, -0.2) is 54.3 Å². The number of carbonyl (C=O) groups excluding carboxylic acids is 1. The maximum Gasteiger partial charge on any atom is 1.00 e. The van der Waals surface area contributed by atoms with Crippen molar-refractivity contribution in [2.24, 2.45) is 7.05 Å². The van der Waals surface area contributed by atoms with Gasteiger partial charge in [0, 0.05) is 25.8 Å². The van der Waals surface area contributed by atoms with Gasteiger partial charge in [0.25, 0.3) is 10.2 Å². The first kappa shape index (κ1) is 27.4. The molecule has 0 spiro atoms. The van der Waals surface area contributed by atoms with Gasteiger partial charge in [-0.2, -0.15) is 5.10 Å². The van der Waals surface area contributed by atoms with E-state index >= 15 is 0 Å². The molecule has 1 aromatic heterocycles. The molecule has 2 aliphatic carbocycles. The Balaban J connectivity index is 0.00000304. The summed E-state index contributed by atoms with van der Waals surface area (Å²) in [5.41, 5.74) is 6.08. The molecule has 2 amide bonds. The van der Waals surface area contributed by atoms with Gasteiger partial charge in [0.05, 0.1) is 17.9 Å². The number of urea groups is 1. The monoisotopic (exact) mass is 522 g/mol. The molecule has 5 rings (SSSR count). The van der Waals surface area contributed by atoms with E-state index in [1.54, 1.807) is 17.9 Å². The first-order chi connectivity index (χ1) is 16.7. The number of benzene rings is 1. The fourth-order valence-electron chi connectivity index (χ4n) is 5.94. The molecule has 1 saturated heterocycles. The van der Waals surface area contributed by atoms with Gasteiger partial charge >= 0.3 is 29.6 Å². The van der Waals surface area contributed by atoms with E-state index in [1.165, 1.54) is 21.6 Å². The molecule has 1 aliphatic heterocycles. The van der Waals surface area contributed by atoms with Crippen LogP contribution in [0.25, 0.3) is 4.72 Å². The summed E-state index contributed by atoms with van der Waals surface area (Å²) in [7, 11) is -2.55. The zero-order chi connectivity index (χ0) is 24.7. The number of carbonyl (C=O) groups is 1. The number of nitrogens with one attached hydrogen (secondary N) is 1. The van der Waals surface area contributed by atoms with E-state index in [4.69, 9.17) is 0 Å². The Kier molecular flexibility index (Phi) is 8.41. The smallest absolute Gasteiger partial charge is 0.423 e. The second-order valence-electron chi connectivity index (χ2n) is 10.3. The van der Waals surface area contributed by atoms with Crippen LogP contribution in [0.4, 0.5) is 16.2 Å². The molecule has 2 aromatic rings. The fraction of sp³-hybridized carbons (Fsp3) is 0.600. The summed E-state index contributed by atoms with van der Waals surface area (Å²) in [6.45, 7) is 5.74. The maximum atomic E-state index is 13.6. The molecular weight excluding hydrogens is 487 g/mol. The van der Waals surface area contributed by atoms with Gasteiger partial charge in [-0.15, -0.1) is 0 Å². The van der Waals surface area contributed by atoms with Crippen LogP contribution in [0, 0.1) is 0 Å². The Hall–Kier alpha value is -1.59. The molecule has 0 saturated carbocycles. The van der Waals surface area contributed by atoms with Crippen molar-refractivity contribution in [3.8, 4) is 0 Å². The van der Waals surface area contributed by atoms with Gasteiger partial charge in [-0.1, -0.05) is 6.07 Å². The van der Waals surface area contributed by atoms with Gasteiger partial charge in [-0.3, -0.25) is 18.7 Å². The Morgan fingerprint density at radius 3 is 2.39 bits per heavy atom. The van der Waals surface area contributed by atoms with E-state index in [0.717, 1.165) is 68.3 Å². The largest absolute Gasteiger partial charge is 1.00 e. The Bertz CT molecular complexity index is 1200. The number of hydrogen-bond acceptors (Lipinski definition) is 5. The van der Waals surface area contributed by atoms with Crippen LogP contribution in [0.15, 0.2) is 18.5 Å². The van der Waals surface area contributed by atoms with Crippen LogP contribution in [0.1, 0.15) is 61.8 Å². The third-order valence-corrected chi connectivity index (χ3v) is 8.99. The molecule has 0 bridgehead atoms. The predicted molar refractivity (Wildman–Crippen MR) is 137 cm³/mol. The second-order valence-corrected chi connectivity index (χ2v) is 11.8. The second kappa shape index (κ2) is 11.0. The van der Waals surface area contributed by atoms with Crippen LogP contribution < -0.4 is 39.2 Å². The first-order valence-corrected chi connectivity index (χ1v) is 14.1. The van der Waals surface area contributed by atoms with Crippen molar-refractivity contribution in [1.29, 1.82) is 0 Å². The number of hydrogen-bond donors (Lipinski definition) is 1. The van der Waals surface area contributed by atoms with Gasteiger partial charge in [0.2, 0.25) is 0 Å². The van der Waals surface area contributed by atoms with Crippen molar-refractivity contribution >= 4 is 27.6 Å². The topological polar surface area (TPSA) is 102 Å². The van der Waals surface area contributed by atoms with Gasteiger partial charge in [0.15, 0.2) is 6.03 Å². The van der Waals surface area contributed by atoms with Crippen molar-refractivity contribution in [2.75, 3.05) is 22.7 Å². The number of fused-ring (bicyclic) bond motifs is 2. The summed E-state index contributed by atoms with van der Waals surface area (Å²) in [6.07, 6.45) is 10.7. The van der Waals surface area contributed by atoms with Crippen LogP contribution in [0.5, 0.6) is 0 Å². The number of rotatable bonds is 6. The molecule has 190 valence electrons. The third kappa shape index (κ3) is 5.48. The average Bonchev–Trinajstić information content (AvgIpc) is 3.54. The predicted octanol–water partition coefficient (Wildman–Crippen LogP) is 0.931. The summed E-state index contributed by atoms with van der Waals surface area (Å²) in [5, 5.41) is 7.08. The Morgan fingerprint density at radius 2 is 1.81 bits per heavy atom. The van der Waals surface area contributed by atoms with Crippen LogP contribution >= 0.6 is 0 Å². The Morgan fingerprint density at radius 1 is 1.14 bits per heavy atom. The van der Waals surface area contributed by atoms with E-state index < -0.39 is 16.2 Å². The van der Waals surface area contributed by atoms with Gasteiger partial charge in [0.1, 0.15) is 0 Å². The molecule has 1 fully saturated rings. The molecule has 2 heterocycles. The first-order valence-electron chi connectivity index (χ1n) is 12.7. The fourth-order valence-corrected chi connectivity index (χ4v) is 7.20. The van der Waals surface area contributed by atoms with Crippen molar-refractivity contribution in [1.82, 2.24) is 14.7 Å². The van der Waals surface area contributed by atoms with Crippen LogP contribution in [0.2, 0.25) is 0 Å². The van der Waals surface area contributed by atoms with Gasteiger partial charge < -0.3 is 10.0 Å². The number of aromatic nitrogens is 2. The molecule has 1 atom stereocenters. The summed E-state index contributed by atoms with van der Waals surface area (Å²) >= 11 is 0. The van der Waals surface area contributed by atoms with E-state index in [2.05, 4.69) is 40.0 Å². The molecule has 3 aliphatic rings. The number of nitrogens with zero attached hydrogens (tertiary/aromatic N) is 5. The normalized spacial score (nSPS) is 19.5. The molecule has 1 aromatic carbocycles. The summed E-state index contributed by atoms with van der Waals surface area (Å²) in [4.78, 5) is 15.4. The number of amides is 2. The van der Waals surface area contributed by atoms with E-state index in [1.807, 2.05) is 0 Å². The van der Waals surface area contributed by atoms with Crippen molar-refractivity contribution in [2.45, 2.75) is 77.3 Å². The number of piperidine rings is 1. The van der Waals surface area contributed by atoms with Gasteiger partial charge in [-0.05, 0) is 99.7 Å². The molecule has 1 N–H and O–H groups in total. The van der Waals surface area contributed by atoms with Crippen molar-refractivity contribution in [3.05, 3.63) is 45.4 Å². The summed E-state index contributed by atoms with van der Waals surface area (Å²) < 4.78 is 33.9. The van der Waals surface area contributed by atoms with Crippen LogP contribution in [0.3, 0.4) is 0 Å². The molecule has 9 nitrogen and oxygen atoms in total. The standard InChI is InChI=1S/C25H36N6O3S.Na/c1-17(2)30-12-6-9-20(16-30)31(21-14-26-29(3)15-21)35(33,34)28-25(32)27-24-22-10-4-7-18(22)13-19-8-5-11-23(19)24;/h13-15,17,20H,4-12,16H2,1-3H3,(H2,27,28,32);/q;+1/p-1. The van der Waals surface area contributed by atoms with Crippen molar-refractivity contribution in [3.63, 3.8) is 0 Å². The maximum absolute atomic E-state index is 13.6.